The van der Waals surface area contributed by atoms with Crippen LogP contribution in [0.15, 0.2) is 36.4 Å². The van der Waals surface area contributed by atoms with E-state index in [0.717, 1.165) is 21.6 Å². The fourth-order valence-electron chi connectivity index (χ4n) is 3.27. The average Bonchev–Trinajstić information content (AvgIpc) is 3.07. The third kappa shape index (κ3) is 3.99. The first kappa shape index (κ1) is 18.0. The van der Waals surface area contributed by atoms with E-state index in [2.05, 4.69) is 27.3 Å². The minimum atomic E-state index is -0.721. The molecule has 3 heterocycles. The Kier molecular flexibility index (Phi) is 5.13. The molecule has 0 aliphatic carbocycles. The molecule has 0 saturated carbocycles. The van der Waals surface area contributed by atoms with Gasteiger partial charge in [0.1, 0.15) is 10.6 Å². The van der Waals surface area contributed by atoms with Crippen LogP contribution in [0.1, 0.15) is 18.4 Å². The largest absolute Gasteiger partial charge is 0.481 e. The molecule has 4 rings (SSSR count). The van der Waals surface area contributed by atoms with Crippen LogP contribution in [0.4, 0.5) is 11.8 Å². The Balaban J connectivity index is 1.59. The van der Waals surface area contributed by atoms with Gasteiger partial charge in [-0.1, -0.05) is 41.9 Å². The molecule has 27 heavy (non-hydrogen) atoms. The van der Waals surface area contributed by atoms with E-state index >= 15 is 0 Å². The number of carboxylic acids is 1. The van der Waals surface area contributed by atoms with Crippen molar-refractivity contribution in [2.24, 2.45) is 5.92 Å². The number of aliphatic carboxylic acids is 1. The van der Waals surface area contributed by atoms with Crippen LogP contribution in [0.25, 0.3) is 10.2 Å². The van der Waals surface area contributed by atoms with Crippen molar-refractivity contribution in [3.05, 3.63) is 46.3 Å². The van der Waals surface area contributed by atoms with Gasteiger partial charge in [-0.25, -0.2) is 4.98 Å². The third-order valence-electron chi connectivity index (χ3n) is 4.78. The highest BCUT2D eigenvalue weighted by Gasteiger charge is 2.26. The molecule has 1 aliphatic rings. The highest BCUT2D eigenvalue weighted by atomic mass is 35.5. The zero-order valence-corrected chi connectivity index (χ0v) is 16.1. The SMILES string of the molecule is O=C(O)C1CCN(c2nc(NCc3ccccc3)c3cc(Cl)sc3n2)CC1. The van der Waals surface area contributed by atoms with Crippen molar-refractivity contribution in [3.8, 4) is 0 Å². The Labute approximate surface area is 165 Å². The van der Waals surface area contributed by atoms with E-state index in [1.807, 2.05) is 24.3 Å². The predicted octanol–water partition coefficient (Wildman–Crippen LogP) is 4.26. The number of thiophene rings is 1. The summed E-state index contributed by atoms with van der Waals surface area (Å²) in [5, 5.41) is 13.5. The second-order valence-electron chi connectivity index (χ2n) is 6.58. The first-order valence-electron chi connectivity index (χ1n) is 8.83. The fourth-order valence-corrected chi connectivity index (χ4v) is 4.35. The molecule has 0 spiro atoms. The maximum Gasteiger partial charge on any atom is 0.306 e. The number of hydrogen-bond acceptors (Lipinski definition) is 6. The summed E-state index contributed by atoms with van der Waals surface area (Å²) in [6, 6.07) is 12.0. The van der Waals surface area contributed by atoms with Gasteiger partial charge in [-0.05, 0) is 24.5 Å². The predicted molar refractivity (Wildman–Crippen MR) is 109 cm³/mol. The molecule has 3 aromatic rings. The number of fused-ring (bicyclic) bond motifs is 1. The van der Waals surface area contributed by atoms with E-state index in [0.29, 0.717) is 42.8 Å². The van der Waals surface area contributed by atoms with Crippen LogP contribution < -0.4 is 10.2 Å². The fraction of sp³-hybridized carbons (Fsp3) is 0.316. The van der Waals surface area contributed by atoms with Crippen LogP contribution in [0.3, 0.4) is 0 Å². The maximum atomic E-state index is 11.2. The van der Waals surface area contributed by atoms with Crippen LogP contribution in [0.2, 0.25) is 4.34 Å². The molecule has 2 N–H and O–H groups in total. The lowest BCUT2D eigenvalue weighted by molar-refractivity contribution is -0.142. The highest BCUT2D eigenvalue weighted by Crippen LogP contribution is 2.34. The molecule has 140 valence electrons. The van der Waals surface area contributed by atoms with Crippen molar-refractivity contribution in [1.29, 1.82) is 0 Å². The van der Waals surface area contributed by atoms with E-state index in [1.54, 1.807) is 0 Å². The quantitative estimate of drug-likeness (QED) is 0.664. The summed E-state index contributed by atoms with van der Waals surface area (Å²) < 4.78 is 0.670. The lowest BCUT2D eigenvalue weighted by atomic mass is 9.97. The lowest BCUT2D eigenvalue weighted by Crippen LogP contribution is -2.37. The van der Waals surface area contributed by atoms with Crippen molar-refractivity contribution in [2.45, 2.75) is 19.4 Å². The number of anilines is 2. The zero-order chi connectivity index (χ0) is 18.8. The molecule has 1 aliphatic heterocycles. The molecule has 0 bridgehead atoms. The third-order valence-corrected chi connectivity index (χ3v) is 5.94. The molecule has 0 amide bonds. The molecule has 8 heteroatoms. The minimum absolute atomic E-state index is 0.281. The molecular weight excluding hydrogens is 384 g/mol. The van der Waals surface area contributed by atoms with Gasteiger partial charge in [0.15, 0.2) is 0 Å². The number of rotatable bonds is 5. The molecular formula is C19H19ClN4O2S. The Morgan fingerprint density at radius 2 is 2.00 bits per heavy atom. The van der Waals surface area contributed by atoms with Gasteiger partial charge < -0.3 is 15.3 Å². The summed E-state index contributed by atoms with van der Waals surface area (Å²) in [4.78, 5) is 23.5. The van der Waals surface area contributed by atoms with Crippen LogP contribution in [-0.2, 0) is 11.3 Å². The summed E-state index contributed by atoms with van der Waals surface area (Å²) in [5.41, 5.74) is 1.16. The Morgan fingerprint density at radius 1 is 1.26 bits per heavy atom. The number of aromatic nitrogens is 2. The van der Waals surface area contributed by atoms with Gasteiger partial charge in [-0.2, -0.15) is 4.98 Å². The summed E-state index contributed by atoms with van der Waals surface area (Å²) in [5.74, 6) is 0.376. The van der Waals surface area contributed by atoms with Crippen LogP contribution >= 0.6 is 22.9 Å². The van der Waals surface area contributed by atoms with Gasteiger partial charge in [0, 0.05) is 19.6 Å². The van der Waals surface area contributed by atoms with Gasteiger partial charge >= 0.3 is 5.97 Å². The van der Waals surface area contributed by atoms with Gasteiger partial charge in [-0.15, -0.1) is 11.3 Å². The van der Waals surface area contributed by atoms with E-state index in [9.17, 15) is 9.90 Å². The Hall–Kier alpha value is -2.38. The van der Waals surface area contributed by atoms with Gasteiger partial charge in [0.25, 0.3) is 0 Å². The summed E-state index contributed by atoms with van der Waals surface area (Å²) in [7, 11) is 0. The molecule has 1 aromatic carbocycles. The first-order chi connectivity index (χ1) is 13.1. The maximum absolute atomic E-state index is 11.2. The molecule has 0 radical (unpaired) electrons. The monoisotopic (exact) mass is 402 g/mol. The minimum Gasteiger partial charge on any atom is -0.481 e. The number of piperidine rings is 1. The number of nitrogens with zero attached hydrogens (tertiary/aromatic N) is 3. The summed E-state index contributed by atoms with van der Waals surface area (Å²) in [6.07, 6.45) is 1.21. The number of nitrogens with one attached hydrogen (secondary N) is 1. The second kappa shape index (κ2) is 7.70. The van der Waals surface area contributed by atoms with E-state index in [-0.39, 0.29) is 5.92 Å². The Morgan fingerprint density at radius 3 is 2.70 bits per heavy atom. The number of carbonyl (C=O) groups is 1. The molecule has 0 atom stereocenters. The molecule has 0 unspecified atom stereocenters. The average molecular weight is 403 g/mol. The van der Waals surface area contributed by atoms with E-state index in [1.165, 1.54) is 11.3 Å². The van der Waals surface area contributed by atoms with Crippen molar-refractivity contribution >= 4 is 50.9 Å². The first-order valence-corrected chi connectivity index (χ1v) is 10.0. The smallest absolute Gasteiger partial charge is 0.306 e. The number of hydrogen-bond donors (Lipinski definition) is 2. The molecule has 6 nitrogen and oxygen atoms in total. The molecule has 1 fully saturated rings. The molecule has 1 saturated heterocycles. The van der Waals surface area contributed by atoms with E-state index < -0.39 is 5.97 Å². The number of benzene rings is 1. The van der Waals surface area contributed by atoms with Crippen LogP contribution in [-0.4, -0.2) is 34.1 Å². The van der Waals surface area contributed by atoms with Gasteiger partial charge in [0.05, 0.1) is 15.6 Å². The topological polar surface area (TPSA) is 78.3 Å². The normalized spacial score (nSPS) is 15.2. The van der Waals surface area contributed by atoms with Crippen LogP contribution in [0, 0.1) is 5.92 Å². The standard InChI is InChI=1S/C19H19ClN4O2S/c20-15-10-14-16(21-11-12-4-2-1-3-5-12)22-19(23-17(14)27-15)24-8-6-13(7-9-24)18(25)26/h1-5,10,13H,6-9,11H2,(H,25,26)(H,21,22,23). The lowest BCUT2D eigenvalue weighted by Gasteiger charge is -2.30. The summed E-state index contributed by atoms with van der Waals surface area (Å²) in [6.45, 7) is 1.93. The van der Waals surface area contributed by atoms with Crippen molar-refractivity contribution in [3.63, 3.8) is 0 Å². The highest BCUT2D eigenvalue weighted by molar-refractivity contribution is 7.22. The van der Waals surface area contributed by atoms with Crippen LogP contribution in [0.5, 0.6) is 0 Å². The zero-order valence-electron chi connectivity index (χ0n) is 14.6. The van der Waals surface area contributed by atoms with Crippen molar-refractivity contribution < 1.29 is 9.90 Å². The number of carboxylic acid groups (broad SMARTS) is 1. The van der Waals surface area contributed by atoms with Crippen molar-refractivity contribution in [2.75, 3.05) is 23.3 Å². The molecule has 2 aromatic heterocycles. The number of halogens is 1. The van der Waals surface area contributed by atoms with Gasteiger partial charge in [-0.3, -0.25) is 4.79 Å². The Bertz CT molecular complexity index is 955. The van der Waals surface area contributed by atoms with E-state index in [4.69, 9.17) is 16.6 Å². The summed E-state index contributed by atoms with van der Waals surface area (Å²) >= 11 is 7.63. The van der Waals surface area contributed by atoms with Gasteiger partial charge in [0.2, 0.25) is 5.95 Å². The second-order valence-corrected chi connectivity index (χ2v) is 8.24. The van der Waals surface area contributed by atoms with Crippen molar-refractivity contribution in [1.82, 2.24) is 9.97 Å².